The molecule has 0 spiro atoms. The molecule has 0 fully saturated rings. The Morgan fingerprint density at radius 1 is 1.62 bits per heavy atom. The summed E-state index contributed by atoms with van der Waals surface area (Å²) in [6.45, 7) is 1.92. The van der Waals surface area contributed by atoms with Gasteiger partial charge >= 0.3 is 6.09 Å². The van der Waals surface area contributed by atoms with Crippen LogP contribution < -0.4 is 10.5 Å². The lowest BCUT2D eigenvalue weighted by Gasteiger charge is -2.03. The number of ether oxygens (including phenoxy) is 1. The van der Waals surface area contributed by atoms with E-state index in [0.717, 1.165) is 12.0 Å². The average molecular weight is 183 g/mol. The van der Waals surface area contributed by atoms with Crippen LogP contribution >= 0.6 is 0 Å². The molecule has 0 saturated heterocycles. The molecule has 0 bridgehead atoms. The van der Waals surface area contributed by atoms with Gasteiger partial charge in [-0.2, -0.15) is 0 Å². The molecule has 1 amide bonds. The molecular weight excluding hydrogens is 173 g/mol. The zero-order valence-corrected chi connectivity index (χ0v) is 7.21. The number of hydrogen-bond acceptors (Lipinski definition) is 2. The molecule has 3 nitrogen and oxygen atoms in total. The van der Waals surface area contributed by atoms with Gasteiger partial charge in [-0.25, -0.2) is 9.18 Å². The Morgan fingerprint density at radius 3 is 2.85 bits per heavy atom. The van der Waals surface area contributed by atoms with Crippen LogP contribution in [-0.4, -0.2) is 6.09 Å². The van der Waals surface area contributed by atoms with Gasteiger partial charge in [-0.05, 0) is 24.1 Å². The van der Waals surface area contributed by atoms with Crippen molar-refractivity contribution in [3.05, 3.63) is 29.6 Å². The van der Waals surface area contributed by atoms with E-state index in [4.69, 9.17) is 5.73 Å². The molecule has 1 aromatic rings. The molecule has 70 valence electrons. The molecule has 0 atom stereocenters. The van der Waals surface area contributed by atoms with E-state index in [1.807, 2.05) is 6.92 Å². The van der Waals surface area contributed by atoms with E-state index in [2.05, 4.69) is 4.74 Å². The van der Waals surface area contributed by atoms with Gasteiger partial charge in [-0.15, -0.1) is 0 Å². The summed E-state index contributed by atoms with van der Waals surface area (Å²) >= 11 is 0. The van der Waals surface area contributed by atoms with Crippen LogP contribution in [0.1, 0.15) is 12.5 Å². The molecule has 1 aromatic carbocycles. The summed E-state index contributed by atoms with van der Waals surface area (Å²) in [6, 6.07) is 4.33. The Hall–Kier alpha value is -1.58. The number of primary amides is 1. The van der Waals surface area contributed by atoms with Crippen LogP contribution in [0.5, 0.6) is 5.75 Å². The first-order valence-corrected chi connectivity index (χ1v) is 3.89. The Labute approximate surface area is 75.3 Å². The predicted octanol–water partition coefficient (Wildman–Crippen LogP) is 1.85. The van der Waals surface area contributed by atoms with Gasteiger partial charge in [-0.1, -0.05) is 13.0 Å². The first-order valence-electron chi connectivity index (χ1n) is 3.89. The van der Waals surface area contributed by atoms with E-state index in [0.29, 0.717) is 0 Å². The van der Waals surface area contributed by atoms with Crippen molar-refractivity contribution in [2.45, 2.75) is 13.3 Å². The third kappa shape index (κ3) is 2.43. The van der Waals surface area contributed by atoms with Crippen molar-refractivity contribution in [2.24, 2.45) is 5.73 Å². The summed E-state index contributed by atoms with van der Waals surface area (Å²) in [5, 5.41) is 0. The molecule has 0 unspecified atom stereocenters. The van der Waals surface area contributed by atoms with Crippen molar-refractivity contribution < 1.29 is 13.9 Å². The van der Waals surface area contributed by atoms with E-state index in [9.17, 15) is 9.18 Å². The van der Waals surface area contributed by atoms with E-state index < -0.39 is 11.9 Å². The van der Waals surface area contributed by atoms with Crippen molar-refractivity contribution in [3.63, 3.8) is 0 Å². The highest BCUT2D eigenvalue weighted by Crippen LogP contribution is 2.18. The molecule has 0 aliphatic carbocycles. The fraction of sp³-hybridized carbons (Fsp3) is 0.222. The van der Waals surface area contributed by atoms with E-state index in [1.165, 1.54) is 12.1 Å². The minimum absolute atomic E-state index is 0.119. The number of benzene rings is 1. The van der Waals surface area contributed by atoms with Gasteiger partial charge in [0.15, 0.2) is 11.6 Å². The molecule has 2 N–H and O–H groups in total. The SMILES string of the molecule is CCc1ccc(F)c(OC(N)=O)c1. The highest BCUT2D eigenvalue weighted by atomic mass is 19.1. The fourth-order valence-electron chi connectivity index (χ4n) is 0.954. The standard InChI is InChI=1S/C9H10FNO2/c1-2-6-3-4-7(10)8(5-6)13-9(11)12/h3-5H,2H2,1H3,(H2,11,12). The van der Waals surface area contributed by atoms with Crippen LogP contribution in [-0.2, 0) is 6.42 Å². The Kier molecular flexibility index (Phi) is 2.84. The van der Waals surface area contributed by atoms with Gasteiger partial charge in [-0.3, -0.25) is 0 Å². The second kappa shape index (κ2) is 3.89. The molecule has 0 aliphatic rings. The van der Waals surface area contributed by atoms with Crippen molar-refractivity contribution in [2.75, 3.05) is 0 Å². The minimum Gasteiger partial charge on any atom is -0.407 e. The maximum Gasteiger partial charge on any atom is 0.410 e. The lowest BCUT2D eigenvalue weighted by atomic mass is 10.1. The molecule has 0 saturated carbocycles. The van der Waals surface area contributed by atoms with Crippen molar-refractivity contribution >= 4 is 6.09 Å². The van der Waals surface area contributed by atoms with Crippen LogP contribution in [0.25, 0.3) is 0 Å². The third-order valence-electron chi connectivity index (χ3n) is 1.61. The predicted molar refractivity (Wildman–Crippen MR) is 46.0 cm³/mol. The zero-order valence-electron chi connectivity index (χ0n) is 7.21. The number of aryl methyl sites for hydroxylation is 1. The van der Waals surface area contributed by atoms with Gasteiger partial charge in [0.05, 0.1) is 0 Å². The van der Waals surface area contributed by atoms with Crippen molar-refractivity contribution in [3.8, 4) is 5.75 Å². The third-order valence-corrected chi connectivity index (χ3v) is 1.61. The summed E-state index contributed by atoms with van der Waals surface area (Å²) in [4.78, 5) is 10.4. The van der Waals surface area contributed by atoms with Crippen LogP contribution in [0.15, 0.2) is 18.2 Å². The maximum atomic E-state index is 12.9. The first kappa shape index (κ1) is 9.51. The summed E-state index contributed by atoms with van der Waals surface area (Å²) < 4.78 is 17.4. The number of carbonyl (C=O) groups is 1. The first-order chi connectivity index (χ1) is 6.13. The molecule has 0 heterocycles. The molecule has 1 rings (SSSR count). The summed E-state index contributed by atoms with van der Waals surface area (Å²) in [6.07, 6.45) is -0.262. The van der Waals surface area contributed by atoms with Gasteiger partial charge in [0, 0.05) is 0 Å². The smallest absolute Gasteiger partial charge is 0.407 e. The Balaban J connectivity index is 2.96. The highest BCUT2D eigenvalue weighted by Gasteiger charge is 2.06. The highest BCUT2D eigenvalue weighted by molar-refractivity contribution is 5.68. The molecule has 0 radical (unpaired) electrons. The van der Waals surface area contributed by atoms with E-state index in [1.54, 1.807) is 6.07 Å². The number of rotatable bonds is 2. The summed E-state index contributed by atoms with van der Waals surface area (Å²) in [5.74, 6) is -0.706. The maximum absolute atomic E-state index is 12.9. The van der Waals surface area contributed by atoms with Gasteiger partial charge in [0.25, 0.3) is 0 Å². The van der Waals surface area contributed by atoms with E-state index >= 15 is 0 Å². The van der Waals surface area contributed by atoms with Crippen LogP contribution in [0.2, 0.25) is 0 Å². The second-order valence-corrected chi connectivity index (χ2v) is 2.54. The molecule has 0 aromatic heterocycles. The largest absolute Gasteiger partial charge is 0.410 e. The van der Waals surface area contributed by atoms with Crippen LogP contribution in [0, 0.1) is 5.82 Å². The van der Waals surface area contributed by atoms with Gasteiger partial charge < -0.3 is 10.5 Å². The van der Waals surface area contributed by atoms with Crippen molar-refractivity contribution in [1.82, 2.24) is 0 Å². The monoisotopic (exact) mass is 183 g/mol. The second-order valence-electron chi connectivity index (χ2n) is 2.54. The quantitative estimate of drug-likeness (QED) is 0.760. The fourth-order valence-corrected chi connectivity index (χ4v) is 0.954. The summed E-state index contributed by atoms with van der Waals surface area (Å²) in [5.41, 5.74) is 5.64. The normalized spacial score (nSPS) is 9.69. The molecular formula is C9H10FNO2. The minimum atomic E-state index is -1.01. The number of nitrogens with two attached hydrogens (primary N) is 1. The number of hydrogen-bond donors (Lipinski definition) is 1. The Bertz CT molecular complexity index is 325. The van der Waals surface area contributed by atoms with Crippen LogP contribution in [0.3, 0.4) is 0 Å². The number of halogens is 1. The lowest BCUT2D eigenvalue weighted by molar-refractivity contribution is 0.208. The Morgan fingerprint density at radius 2 is 2.31 bits per heavy atom. The van der Waals surface area contributed by atoms with Gasteiger partial charge in [0.2, 0.25) is 0 Å². The topological polar surface area (TPSA) is 52.3 Å². The van der Waals surface area contributed by atoms with Gasteiger partial charge in [0.1, 0.15) is 0 Å². The molecule has 13 heavy (non-hydrogen) atoms. The van der Waals surface area contributed by atoms with E-state index in [-0.39, 0.29) is 5.75 Å². The molecule has 0 aliphatic heterocycles. The molecule has 4 heteroatoms. The van der Waals surface area contributed by atoms with Crippen molar-refractivity contribution in [1.29, 1.82) is 0 Å². The number of amides is 1. The zero-order chi connectivity index (χ0) is 9.84. The summed E-state index contributed by atoms with van der Waals surface area (Å²) in [7, 11) is 0. The van der Waals surface area contributed by atoms with Crippen LogP contribution in [0.4, 0.5) is 9.18 Å². The lowest BCUT2D eigenvalue weighted by Crippen LogP contribution is -2.17. The number of carbonyl (C=O) groups excluding carboxylic acids is 1. The average Bonchev–Trinajstić information content (AvgIpc) is 2.08.